The zero-order valence-corrected chi connectivity index (χ0v) is 16.8. The smallest absolute Gasteiger partial charge is 0.218 e. The fourth-order valence-corrected chi connectivity index (χ4v) is 4.74. The Labute approximate surface area is 166 Å². The van der Waals surface area contributed by atoms with Crippen LogP contribution < -0.4 is 9.64 Å². The van der Waals surface area contributed by atoms with Gasteiger partial charge in [-0.2, -0.15) is 0 Å². The van der Waals surface area contributed by atoms with E-state index in [0.717, 1.165) is 38.4 Å². The van der Waals surface area contributed by atoms with E-state index in [4.69, 9.17) is 9.72 Å². The van der Waals surface area contributed by atoms with E-state index in [1.54, 1.807) is 13.4 Å². The molecule has 0 aromatic carbocycles. The highest BCUT2D eigenvalue weighted by Gasteiger charge is 2.36. The third-order valence-corrected chi connectivity index (χ3v) is 6.34. The van der Waals surface area contributed by atoms with Crippen LogP contribution in [0.15, 0.2) is 18.6 Å². The highest BCUT2D eigenvalue weighted by molar-refractivity contribution is 5.45. The minimum atomic E-state index is 0.554. The zero-order chi connectivity index (χ0) is 18.9. The summed E-state index contributed by atoms with van der Waals surface area (Å²) in [6.45, 7) is 4.37. The number of fused-ring (bicyclic) bond motifs is 1. The largest absolute Gasteiger partial charge is 0.481 e. The molecule has 7 nitrogen and oxygen atoms in total. The lowest BCUT2D eigenvalue weighted by atomic mass is 10.0. The molecule has 2 aromatic rings. The molecular formula is C21H30N6O. The summed E-state index contributed by atoms with van der Waals surface area (Å²) >= 11 is 0. The highest BCUT2D eigenvalue weighted by Crippen LogP contribution is 2.36. The second kappa shape index (κ2) is 7.70. The number of likely N-dealkylation sites (tertiary alicyclic amines) is 1. The van der Waals surface area contributed by atoms with Crippen molar-refractivity contribution >= 4 is 5.82 Å². The number of anilines is 1. The maximum absolute atomic E-state index is 5.32. The SMILES string of the molecule is COc1cc(N(C2CC2)C2CCN(Cc3cn4c(n3)CCCC4)CC2)ncn1. The second-order valence-electron chi connectivity index (χ2n) is 8.36. The number of hydrogen-bond acceptors (Lipinski definition) is 6. The zero-order valence-electron chi connectivity index (χ0n) is 16.8. The Hall–Kier alpha value is -2.15. The number of aryl methyl sites for hydroxylation is 2. The summed E-state index contributed by atoms with van der Waals surface area (Å²) in [6.07, 6.45) is 12.5. The summed E-state index contributed by atoms with van der Waals surface area (Å²) < 4.78 is 7.68. The van der Waals surface area contributed by atoms with Gasteiger partial charge in [0, 0.05) is 56.9 Å². The van der Waals surface area contributed by atoms with Crippen molar-refractivity contribution in [2.24, 2.45) is 0 Å². The van der Waals surface area contributed by atoms with Crippen LogP contribution in [0.1, 0.15) is 50.0 Å². The number of aromatic nitrogens is 4. The molecule has 1 saturated carbocycles. The lowest BCUT2D eigenvalue weighted by Crippen LogP contribution is -2.46. The summed E-state index contributed by atoms with van der Waals surface area (Å²) in [7, 11) is 1.67. The summed E-state index contributed by atoms with van der Waals surface area (Å²) in [5.74, 6) is 2.96. The molecular weight excluding hydrogens is 352 g/mol. The van der Waals surface area contributed by atoms with Gasteiger partial charge in [0.05, 0.1) is 12.8 Å². The Morgan fingerprint density at radius 3 is 2.64 bits per heavy atom. The number of hydrogen-bond donors (Lipinski definition) is 0. The van der Waals surface area contributed by atoms with Crippen molar-refractivity contribution in [1.82, 2.24) is 24.4 Å². The number of rotatable bonds is 6. The molecule has 2 aliphatic heterocycles. The van der Waals surface area contributed by atoms with Crippen LogP contribution >= 0.6 is 0 Å². The minimum absolute atomic E-state index is 0.554. The van der Waals surface area contributed by atoms with Gasteiger partial charge in [-0.05, 0) is 38.5 Å². The van der Waals surface area contributed by atoms with Crippen molar-refractivity contribution < 1.29 is 4.74 Å². The van der Waals surface area contributed by atoms with Crippen LogP contribution in [0.25, 0.3) is 0 Å². The molecule has 0 spiro atoms. The van der Waals surface area contributed by atoms with E-state index in [-0.39, 0.29) is 0 Å². The Kier molecular flexibility index (Phi) is 4.93. The molecule has 28 heavy (non-hydrogen) atoms. The summed E-state index contributed by atoms with van der Waals surface area (Å²) in [4.78, 5) is 18.7. The number of nitrogens with zero attached hydrogens (tertiary/aromatic N) is 6. The van der Waals surface area contributed by atoms with Gasteiger partial charge in [0.15, 0.2) is 0 Å². The van der Waals surface area contributed by atoms with Crippen LogP contribution in [0, 0.1) is 0 Å². The maximum atomic E-state index is 5.32. The Morgan fingerprint density at radius 2 is 1.89 bits per heavy atom. The van der Waals surface area contributed by atoms with E-state index in [1.165, 1.54) is 50.0 Å². The summed E-state index contributed by atoms with van der Waals surface area (Å²) in [5, 5.41) is 0. The molecule has 4 heterocycles. The number of imidazole rings is 1. The monoisotopic (exact) mass is 382 g/mol. The van der Waals surface area contributed by atoms with E-state index in [0.29, 0.717) is 18.0 Å². The molecule has 0 amide bonds. The van der Waals surface area contributed by atoms with E-state index < -0.39 is 0 Å². The van der Waals surface area contributed by atoms with Crippen LogP contribution in [0.2, 0.25) is 0 Å². The van der Waals surface area contributed by atoms with Crippen molar-refractivity contribution in [3.05, 3.63) is 30.1 Å². The van der Waals surface area contributed by atoms with E-state index >= 15 is 0 Å². The molecule has 1 saturated heterocycles. The van der Waals surface area contributed by atoms with Gasteiger partial charge in [0.1, 0.15) is 18.0 Å². The summed E-state index contributed by atoms with van der Waals surface area (Å²) in [6, 6.07) is 3.18. The van der Waals surface area contributed by atoms with Crippen LogP contribution in [0.5, 0.6) is 5.88 Å². The predicted molar refractivity (Wildman–Crippen MR) is 108 cm³/mol. The topological polar surface area (TPSA) is 59.3 Å². The van der Waals surface area contributed by atoms with Gasteiger partial charge in [0.25, 0.3) is 0 Å². The van der Waals surface area contributed by atoms with Crippen molar-refractivity contribution in [1.29, 1.82) is 0 Å². The molecule has 2 aromatic heterocycles. The van der Waals surface area contributed by atoms with Gasteiger partial charge in [-0.1, -0.05) is 0 Å². The van der Waals surface area contributed by atoms with Gasteiger partial charge < -0.3 is 14.2 Å². The fraction of sp³-hybridized carbons (Fsp3) is 0.667. The molecule has 0 unspecified atom stereocenters. The fourth-order valence-electron chi connectivity index (χ4n) is 4.74. The van der Waals surface area contributed by atoms with Crippen LogP contribution in [-0.4, -0.2) is 56.7 Å². The lowest BCUT2D eigenvalue weighted by molar-refractivity contribution is 0.198. The van der Waals surface area contributed by atoms with Crippen molar-refractivity contribution in [3.8, 4) is 5.88 Å². The lowest BCUT2D eigenvalue weighted by Gasteiger charge is -2.39. The molecule has 7 heteroatoms. The normalized spacial score (nSPS) is 20.8. The second-order valence-corrected chi connectivity index (χ2v) is 8.36. The van der Waals surface area contributed by atoms with E-state index in [1.807, 2.05) is 6.07 Å². The van der Waals surface area contributed by atoms with Gasteiger partial charge >= 0.3 is 0 Å². The number of piperidine rings is 1. The first-order valence-corrected chi connectivity index (χ1v) is 10.7. The average Bonchev–Trinajstić information content (AvgIpc) is 3.48. The van der Waals surface area contributed by atoms with Gasteiger partial charge in [0.2, 0.25) is 5.88 Å². The third-order valence-electron chi connectivity index (χ3n) is 6.34. The minimum Gasteiger partial charge on any atom is -0.481 e. The molecule has 1 aliphatic carbocycles. The molecule has 0 atom stereocenters. The van der Waals surface area contributed by atoms with Crippen molar-refractivity contribution in [2.75, 3.05) is 25.1 Å². The molecule has 0 bridgehead atoms. The molecule has 0 radical (unpaired) electrons. The molecule has 5 rings (SSSR count). The van der Waals surface area contributed by atoms with Crippen molar-refractivity contribution in [2.45, 2.75) is 70.1 Å². The highest BCUT2D eigenvalue weighted by atomic mass is 16.5. The van der Waals surface area contributed by atoms with E-state index in [9.17, 15) is 0 Å². The van der Waals surface area contributed by atoms with Crippen LogP contribution in [0.4, 0.5) is 5.82 Å². The number of methoxy groups -OCH3 is 1. The summed E-state index contributed by atoms with van der Waals surface area (Å²) in [5.41, 5.74) is 1.25. The van der Waals surface area contributed by atoms with Crippen LogP contribution in [-0.2, 0) is 19.5 Å². The first kappa shape index (κ1) is 17.9. The standard InChI is InChI=1S/C21H30N6O/c1-28-21-12-20(22-15-23-21)27(17-5-6-17)18-7-10-25(11-8-18)13-16-14-26-9-3-2-4-19(26)24-16/h12,14-15,17-18H,2-11,13H2,1H3. The predicted octanol–water partition coefficient (Wildman–Crippen LogP) is 2.65. The van der Waals surface area contributed by atoms with Gasteiger partial charge in [-0.15, -0.1) is 0 Å². The first-order chi connectivity index (χ1) is 13.8. The quantitative estimate of drug-likeness (QED) is 0.766. The van der Waals surface area contributed by atoms with Crippen LogP contribution in [0.3, 0.4) is 0 Å². The van der Waals surface area contributed by atoms with E-state index in [2.05, 4.69) is 30.5 Å². The molecule has 3 aliphatic rings. The van der Waals surface area contributed by atoms with Crippen molar-refractivity contribution in [3.63, 3.8) is 0 Å². The molecule has 150 valence electrons. The first-order valence-electron chi connectivity index (χ1n) is 10.7. The maximum Gasteiger partial charge on any atom is 0.218 e. The number of ether oxygens (including phenoxy) is 1. The average molecular weight is 383 g/mol. The molecule has 0 N–H and O–H groups in total. The molecule has 2 fully saturated rings. The van der Waals surface area contributed by atoms with Gasteiger partial charge in [-0.25, -0.2) is 15.0 Å². The Bertz CT molecular complexity index is 785. The van der Waals surface area contributed by atoms with Gasteiger partial charge in [-0.3, -0.25) is 4.90 Å². The Balaban J connectivity index is 1.22. The third kappa shape index (κ3) is 3.72. The Morgan fingerprint density at radius 1 is 1.07 bits per heavy atom.